The second kappa shape index (κ2) is 8.73. The molecular weight excluding hydrogens is 366 g/mol. The lowest BCUT2D eigenvalue weighted by Gasteiger charge is -2.07. The van der Waals surface area contributed by atoms with Crippen LogP contribution in [0.5, 0.6) is 5.75 Å². The lowest BCUT2D eigenvalue weighted by atomic mass is 10.2. The second-order valence-electron chi connectivity index (χ2n) is 5.37. The van der Waals surface area contributed by atoms with E-state index in [2.05, 4.69) is 15.5 Å². The highest BCUT2D eigenvalue weighted by Gasteiger charge is 2.11. The van der Waals surface area contributed by atoms with Crippen molar-refractivity contribution in [3.8, 4) is 5.75 Å². The first kappa shape index (κ1) is 18.3. The monoisotopic (exact) mass is 379 g/mol. The average Bonchev–Trinajstić information content (AvgIpc) is 2.70. The van der Waals surface area contributed by atoms with Crippen molar-refractivity contribution in [2.45, 2.75) is 0 Å². The molecule has 2 aromatic carbocycles. The number of nitrogens with zero attached hydrogens (tertiary/aromatic N) is 2. The van der Waals surface area contributed by atoms with Crippen LogP contribution in [-0.4, -0.2) is 23.1 Å². The fraction of sp³-hybridized carbons (Fsp3) is 0. The number of nitrogens with one attached hydrogen (secondary N) is 1. The smallest absolute Gasteiger partial charge is 0.343 e. The molecule has 0 spiro atoms. The van der Waals surface area contributed by atoms with Crippen LogP contribution in [0.2, 0.25) is 5.02 Å². The molecule has 0 saturated heterocycles. The van der Waals surface area contributed by atoms with Crippen LogP contribution in [0.1, 0.15) is 26.3 Å². The van der Waals surface area contributed by atoms with Gasteiger partial charge in [-0.25, -0.2) is 10.2 Å². The van der Waals surface area contributed by atoms with Crippen molar-refractivity contribution in [1.29, 1.82) is 0 Å². The third kappa shape index (κ3) is 4.99. The van der Waals surface area contributed by atoms with Gasteiger partial charge in [-0.15, -0.1) is 0 Å². The summed E-state index contributed by atoms with van der Waals surface area (Å²) in [6.45, 7) is 0. The third-order valence-corrected chi connectivity index (χ3v) is 3.77. The van der Waals surface area contributed by atoms with Crippen molar-refractivity contribution < 1.29 is 14.3 Å². The van der Waals surface area contributed by atoms with E-state index in [0.717, 1.165) is 0 Å². The molecule has 0 aliphatic carbocycles. The van der Waals surface area contributed by atoms with Gasteiger partial charge in [0.2, 0.25) is 0 Å². The molecule has 1 amide bonds. The number of carbonyl (C=O) groups is 2. The van der Waals surface area contributed by atoms with Crippen LogP contribution in [0.4, 0.5) is 0 Å². The molecule has 0 aliphatic rings. The summed E-state index contributed by atoms with van der Waals surface area (Å²) in [4.78, 5) is 28.1. The second-order valence-corrected chi connectivity index (χ2v) is 5.81. The SMILES string of the molecule is O=C(N/N=C/c1ccccc1OC(=O)c1ccc(Cl)cc1)c1ccncc1. The Morgan fingerprint density at radius 3 is 2.41 bits per heavy atom. The molecule has 1 N–H and O–H groups in total. The molecule has 0 aliphatic heterocycles. The summed E-state index contributed by atoms with van der Waals surface area (Å²) in [5.74, 6) is -0.572. The summed E-state index contributed by atoms with van der Waals surface area (Å²) in [5, 5.41) is 4.45. The highest BCUT2D eigenvalue weighted by atomic mass is 35.5. The van der Waals surface area contributed by atoms with E-state index in [1.165, 1.54) is 18.6 Å². The highest BCUT2D eigenvalue weighted by Crippen LogP contribution is 2.18. The summed E-state index contributed by atoms with van der Waals surface area (Å²) in [6.07, 6.45) is 4.44. The van der Waals surface area contributed by atoms with E-state index in [1.54, 1.807) is 60.7 Å². The lowest BCUT2D eigenvalue weighted by Crippen LogP contribution is -2.17. The van der Waals surface area contributed by atoms with Crippen molar-refractivity contribution in [2.75, 3.05) is 0 Å². The quantitative estimate of drug-likeness (QED) is 0.317. The van der Waals surface area contributed by atoms with Gasteiger partial charge in [0.15, 0.2) is 0 Å². The van der Waals surface area contributed by atoms with Gasteiger partial charge >= 0.3 is 5.97 Å². The number of rotatable bonds is 5. The van der Waals surface area contributed by atoms with Crippen molar-refractivity contribution in [1.82, 2.24) is 10.4 Å². The number of hydrazone groups is 1. The standard InChI is InChI=1S/C20H14ClN3O3/c21-17-7-5-15(6-8-17)20(26)27-18-4-2-1-3-16(18)13-23-24-19(25)14-9-11-22-12-10-14/h1-13H,(H,24,25)/b23-13+. The maximum atomic E-state index is 12.3. The predicted octanol–water partition coefficient (Wildman–Crippen LogP) is 3.72. The van der Waals surface area contributed by atoms with Crippen molar-refractivity contribution in [2.24, 2.45) is 5.10 Å². The highest BCUT2D eigenvalue weighted by molar-refractivity contribution is 6.30. The van der Waals surface area contributed by atoms with Crippen molar-refractivity contribution in [3.63, 3.8) is 0 Å². The maximum absolute atomic E-state index is 12.3. The van der Waals surface area contributed by atoms with E-state index in [4.69, 9.17) is 16.3 Å². The number of amides is 1. The number of carbonyl (C=O) groups excluding carboxylic acids is 2. The molecule has 0 bridgehead atoms. The molecule has 27 heavy (non-hydrogen) atoms. The Morgan fingerprint density at radius 1 is 0.963 bits per heavy atom. The Kier molecular flexibility index (Phi) is 5.91. The number of pyridine rings is 1. The minimum absolute atomic E-state index is 0.319. The minimum atomic E-state index is -0.520. The van der Waals surface area contributed by atoms with Crippen LogP contribution in [0.3, 0.4) is 0 Å². The van der Waals surface area contributed by atoms with Crippen LogP contribution >= 0.6 is 11.6 Å². The van der Waals surface area contributed by atoms with Crippen LogP contribution in [0, 0.1) is 0 Å². The van der Waals surface area contributed by atoms with Crippen molar-refractivity contribution >= 4 is 29.7 Å². The van der Waals surface area contributed by atoms with Gasteiger partial charge in [0, 0.05) is 28.5 Å². The normalized spacial score (nSPS) is 10.6. The van der Waals surface area contributed by atoms with Crippen molar-refractivity contribution in [3.05, 3.63) is 94.8 Å². The number of hydrogen-bond donors (Lipinski definition) is 1. The predicted molar refractivity (Wildman–Crippen MR) is 102 cm³/mol. The molecule has 0 fully saturated rings. The molecule has 3 rings (SSSR count). The molecule has 1 heterocycles. The third-order valence-electron chi connectivity index (χ3n) is 3.51. The summed E-state index contributed by atoms with van der Waals surface area (Å²) in [6, 6.07) is 16.4. The van der Waals surface area contributed by atoms with E-state index in [9.17, 15) is 9.59 Å². The number of esters is 1. The average molecular weight is 380 g/mol. The van der Waals surface area contributed by atoms with Gasteiger partial charge in [0.25, 0.3) is 5.91 Å². The molecular formula is C20H14ClN3O3. The lowest BCUT2D eigenvalue weighted by molar-refractivity contribution is 0.0734. The number of halogens is 1. The molecule has 0 atom stereocenters. The van der Waals surface area contributed by atoms with Crippen LogP contribution in [-0.2, 0) is 0 Å². The summed E-state index contributed by atoms with van der Waals surface area (Å²) in [7, 11) is 0. The van der Waals surface area contributed by atoms with E-state index < -0.39 is 5.97 Å². The zero-order valence-corrected chi connectivity index (χ0v) is 14.8. The Hall–Kier alpha value is -3.51. The summed E-state index contributed by atoms with van der Waals surface area (Å²) < 4.78 is 5.42. The minimum Gasteiger partial charge on any atom is -0.422 e. The number of hydrogen-bond acceptors (Lipinski definition) is 5. The molecule has 6 nitrogen and oxygen atoms in total. The van der Waals surface area contributed by atoms with Gasteiger partial charge < -0.3 is 4.74 Å². The summed E-state index contributed by atoms with van der Waals surface area (Å²) >= 11 is 5.82. The number of ether oxygens (including phenoxy) is 1. The van der Waals surface area contributed by atoms with Gasteiger partial charge in [-0.3, -0.25) is 9.78 Å². The van der Waals surface area contributed by atoms with Gasteiger partial charge in [-0.05, 0) is 48.5 Å². The van der Waals surface area contributed by atoms with Gasteiger partial charge in [0.05, 0.1) is 11.8 Å². The van der Waals surface area contributed by atoms with Crippen LogP contribution < -0.4 is 10.2 Å². The zero-order valence-electron chi connectivity index (χ0n) is 14.0. The Morgan fingerprint density at radius 2 is 1.67 bits per heavy atom. The Bertz CT molecular complexity index is 973. The maximum Gasteiger partial charge on any atom is 0.343 e. The first-order valence-corrected chi connectivity index (χ1v) is 8.31. The Balaban J connectivity index is 1.69. The summed E-state index contributed by atoms with van der Waals surface area (Å²) in [5.41, 5.74) is 3.76. The van der Waals surface area contributed by atoms with Gasteiger partial charge in [-0.1, -0.05) is 23.7 Å². The molecule has 0 unspecified atom stereocenters. The molecule has 1 aromatic heterocycles. The fourth-order valence-corrected chi connectivity index (χ4v) is 2.28. The first-order chi connectivity index (χ1) is 13.1. The van der Waals surface area contributed by atoms with Crippen LogP contribution in [0.25, 0.3) is 0 Å². The molecule has 7 heteroatoms. The van der Waals surface area contributed by atoms with E-state index in [1.807, 2.05) is 0 Å². The number of aromatic nitrogens is 1. The Labute approximate surface area is 160 Å². The first-order valence-electron chi connectivity index (χ1n) is 7.94. The fourth-order valence-electron chi connectivity index (χ4n) is 2.15. The van der Waals surface area contributed by atoms with E-state index in [0.29, 0.717) is 27.5 Å². The van der Waals surface area contributed by atoms with Gasteiger partial charge in [0.1, 0.15) is 5.75 Å². The largest absolute Gasteiger partial charge is 0.422 e. The molecule has 3 aromatic rings. The van der Waals surface area contributed by atoms with E-state index in [-0.39, 0.29) is 5.91 Å². The topological polar surface area (TPSA) is 80.6 Å². The van der Waals surface area contributed by atoms with E-state index >= 15 is 0 Å². The molecule has 0 saturated carbocycles. The number of benzene rings is 2. The number of para-hydroxylation sites is 1. The van der Waals surface area contributed by atoms with Gasteiger partial charge in [-0.2, -0.15) is 5.10 Å². The molecule has 0 radical (unpaired) electrons. The molecule has 134 valence electrons. The zero-order chi connectivity index (χ0) is 19.1. The van der Waals surface area contributed by atoms with Crippen LogP contribution in [0.15, 0.2) is 78.2 Å².